The van der Waals surface area contributed by atoms with Crippen LogP contribution in [0.3, 0.4) is 0 Å². The average molecular weight is 816 g/mol. The Morgan fingerprint density at radius 2 is 0.719 bits per heavy atom. The Balaban J connectivity index is 1.09. The van der Waals surface area contributed by atoms with Gasteiger partial charge in [0.05, 0.1) is 22.1 Å². The van der Waals surface area contributed by atoms with Crippen molar-refractivity contribution < 1.29 is 0 Å². The predicted octanol–water partition coefficient (Wildman–Crippen LogP) is 15.0. The van der Waals surface area contributed by atoms with Crippen LogP contribution in [0.1, 0.15) is 0 Å². The Labute approximate surface area is 368 Å². The third-order valence-corrected chi connectivity index (χ3v) is 12.7. The second-order valence-electron chi connectivity index (χ2n) is 16.4. The fourth-order valence-corrected chi connectivity index (χ4v) is 9.84. The van der Waals surface area contributed by atoms with Gasteiger partial charge < -0.3 is 9.13 Å². The number of rotatable bonds is 6. The SMILES string of the molecule is c1ccc(-c2nc(-c3cc(-c4cc5ccccc5c5ccccc45)cc(-n4c5ccccc5c5ccccc54)c3)nc(-c3ccc4c(c3)c3ccccc3n4-c3ccccc3)n2)cc1. The zero-order valence-electron chi connectivity index (χ0n) is 34.6. The third kappa shape index (κ3) is 5.75. The second kappa shape index (κ2) is 14.5. The van der Waals surface area contributed by atoms with Crippen LogP contribution >= 0.6 is 0 Å². The molecule has 0 unspecified atom stereocenters. The molecule has 298 valence electrons. The van der Waals surface area contributed by atoms with Crippen LogP contribution in [0.15, 0.2) is 224 Å². The summed E-state index contributed by atoms with van der Waals surface area (Å²) in [6, 6.07) is 79.9. The summed E-state index contributed by atoms with van der Waals surface area (Å²) in [5.74, 6) is 1.83. The van der Waals surface area contributed by atoms with E-state index in [9.17, 15) is 0 Å². The third-order valence-electron chi connectivity index (χ3n) is 12.7. The van der Waals surface area contributed by atoms with Gasteiger partial charge in [-0.15, -0.1) is 0 Å². The molecule has 64 heavy (non-hydrogen) atoms. The van der Waals surface area contributed by atoms with E-state index < -0.39 is 0 Å². The molecular weight excluding hydrogens is 779 g/mol. The van der Waals surface area contributed by atoms with Gasteiger partial charge in [0.1, 0.15) is 0 Å². The Bertz CT molecular complexity index is 3900. The number of fused-ring (bicyclic) bond motifs is 9. The van der Waals surface area contributed by atoms with E-state index in [2.05, 4.69) is 215 Å². The molecule has 0 saturated heterocycles. The van der Waals surface area contributed by atoms with Crippen LogP contribution in [0.5, 0.6) is 0 Å². The molecule has 0 amide bonds. The highest BCUT2D eigenvalue weighted by Gasteiger charge is 2.20. The van der Waals surface area contributed by atoms with Crippen molar-refractivity contribution >= 4 is 65.2 Å². The molecule has 0 aliphatic carbocycles. The van der Waals surface area contributed by atoms with Crippen LogP contribution in [0.2, 0.25) is 0 Å². The molecule has 5 nitrogen and oxygen atoms in total. The van der Waals surface area contributed by atoms with Crippen LogP contribution in [-0.2, 0) is 0 Å². The first-order valence-corrected chi connectivity index (χ1v) is 21.7. The minimum absolute atomic E-state index is 0.602. The van der Waals surface area contributed by atoms with Gasteiger partial charge in [0.2, 0.25) is 0 Å². The van der Waals surface area contributed by atoms with Gasteiger partial charge in [-0.1, -0.05) is 152 Å². The molecule has 3 heterocycles. The van der Waals surface area contributed by atoms with Crippen molar-refractivity contribution in [2.75, 3.05) is 0 Å². The highest BCUT2D eigenvalue weighted by molar-refractivity contribution is 6.15. The fraction of sp³-hybridized carbons (Fsp3) is 0. The lowest BCUT2D eigenvalue weighted by atomic mass is 9.92. The van der Waals surface area contributed by atoms with Gasteiger partial charge in [-0.3, -0.25) is 0 Å². The van der Waals surface area contributed by atoms with Crippen molar-refractivity contribution in [1.29, 1.82) is 0 Å². The minimum atomic E-state index is 0.602. The molecule has 13 aromatic rings. The van der Waals surface area contributed by atoms with E-state index in [-0.39, 0.29) is 0 Å². The van der Waals surface area contributed by atoms with E-state index in [0.717, 1.165) is 66.6 Å². The van der Waals surface area contributed by atoms with Crippen molar-refractivity contribution in [2.24, 2.45) is 0 Å². The van der Waals surface area contributed by atoms with Crippen molar-refractivity contribution in [1.82, 2.24) is 24.1 Å². The van der Waals surface area contributed by atoms with Gasteiger partial charge in [0.25, 0.3) is 0 Å². The monoisotopic (exact) mass is 815 g/mol. The topological polar surface area (TPSA) is 48.5 Å². The highest BCUT2D eigenvalue weighted by atomic mass is 15.0. The summed E-state index contributed by atoms with van der Waals surface area (Å²) in [4.78, 5) is 15.9. The summed E-state index contributed by atoms with van der Waals surface area (Å²) in [5, 5.41) is 9.56. The summed E-state index contributed by atoms with van der Waals surface area (Å²) in [6.45, 7) is 0. The standard InChI is InChI=1S/C59H37N5/c1-3-17-38(18-4-1)57-60-58(40-31-32-56-52(37-40)50-27-13-16-30-55(50)63(56)43-20-5-2-6-21-43)62-59(61-57)42-33-41(51-36-39-19-7-8-22-45(39)46-23-9-10-24-47(46)51)34-44(35-42)64-53-28-14-11-25-48(53)49-26-12-15-29-54(49)64/h1-37H. The summed E-state index contributed by atoms with van der Waals surface area (Å²) in [5.41, 5.74) is 11.7. The molecule has 0 fully saturated rings. The molecular formula is C59H37N5. The largest absolute Gasteiger partial charge is 0.309 e. The van der Waals surface area contributed by atoms with E-state index in [0.29, 0.717) is 17.5 Å². The normalized spacial score (nSPS) is 11.8. The van der Waals surface area contributed by atoms with Gasteiger partial charge in [0.15, 0.2) is 17.5 Å². The molecule has 0 aliphatic heterocycles. The minimum Gasteiger partial charge on any atom is -0.309 e. The molecule has 10 aromatic carbocycles. The first-order chi connectivity index (χ1) is 31.7. The van der Waals surface area contributed by atoms with Gasteiger partial charge in [-0.05, 0) is 105 Å². The molecule has 0 bridgehead atoms. The van der Waals surface area contributed by atoms with E-state index in [4.69, 9.17) is 15.0 Å². The molecule has 3 aromatic heterocycles. The number of benzene rings is 10. The number of aromatic nitrogens is 5. The van der Waals surface area contributed by atoms with Crippen LogP contribution in [0, 0.1) is 0 Å². The van der Waals surface area contributed by atoms with Crippen LogP contribution in [-0.4, -0.2) is 24.1 Å². The summed E-state index contributed by atoms with van der Waals surface area (Å²) >= 11 is 0. The maximum absolute atomic E-state index is 5.41. The Morgan fingerprint density at radius 3 is 1.39 bits per heavy atom. The van der Waals surface area contributed by atoms with Gasteiger partial charge in [-0.25, -0.2) is 15.0 Å². The fourth-order valence-electron chi connectivity index (χ4n) is 9.84. The number of hydrogen-bond acceptors (Lipinski definition) is 3. The lowest BCUT2D eigenvalue weighted by Crippen LogP contribution is -2.02. The lowest BCUT2D eigenvalue weighted by Gasteiger charge is -2.16. The van der Waals surface area contributed by atoms with Crippen LogP contribution < -0.4 is 0 Å². The Morgan fingerprint density at radius 1 is 0.250 bits per heavy atom. The Kier molecular flexibility index (Phi) is 8.15. The van der Waals surface area contributed by atoms with E-state index in [1.54, 1.807) is 0 Å². The predicted molar refractivity (Wildman–Crippen MR) is 265 cm³/mol. The van der Waals surface area contributed by atoms with Crippen molar-refractivity contribution in [3.63, 3.8) is 0 Å². The summed E-state index contributed by atoms with van der Waals surface area (Å²) in [6.07, 6.45) is 0. The highest BCUT2D eigenvalue weighted by Crippen LogP contribution is 2.41. The number of hydrogen-bond donors (Lipinski definition) is 0. The number of para-hydroxylation sites is 4. The average Bonchev–Trinajstić information content (AvgIpc) is 3.89. The molecule has 0 N–H and O–H groups in total. The zero-order chi connectivity index (χ0) is 42.1. The van der Waals surface area contributed by atoms with Gasteiger partial charge in [0, 0.05) is 49.6 Å². The van der Waals surface area contributed by atoms with Gasteiger partial charge >= 0.3 is 0 Å². The molecule has 0 saturated carbocycles. The first-order valence-electron chi connectivity index (χ1n) is 21.7. The van der Waals surface area contributed by atoms with E-state index in [1.165, 1.54) is 37.7 Å². The zero-order valence-corrected chi connectivity index (χ0v) is 34.6. The summed E-state index contributed by atoms with van der Waals surface area (Å²) < 4.78 is 4.72. The van der Waals surface area contributed by atoms with Crippen molar-refractivity contribution in [2.45, 2.75) is 0 Å². The summed E-state index contributed by atoms with van der Waals surface area (Å²) in [7, 11) is 0. The van der Waals surface area contributed by atoms with Crippen LogP contribution in [0.4, 0.5) is 0 Å². The van der Waals surface area contributed by atoms with E-state index in [1.807, 2.05) is 18.2 Å². The molecule has 0 atom stereocenters. The van der Waals surface area contributed by atoms with Crippen LogP contribution in [0.25, 0.3) is 122 Å². The lowest BCUT2D eigenvalue weighted by molar-refractivity contribution is 1.07. The second-order valence-corrected chi connectivity index (χ2v) is 16.4. The number of nitrogens with zero attached hydrogens (tertiary/aromatic N) is 5. The molecule has 13 rings (SSSR count). The maximum atomic E-state index is 5.41. The Hall–Kier alpha value is -8.67. The van der Waals surface area contributed by atoms with E-state index >= 15 is 0 Å². The molecule has 5 heteroatoms. The van der Waals surface area contributed by atoms with Crippen molar-refractivity contribution in [3.05, 3.63) is 224 Å². The first kappa shape index (κ1) is 36.0. The smallest absolute Gasteiger partial charge is 0.164 e. The molecule has 0 aliphatic rings. The molecule has 0 spiro atoms. The van der Waals surface area contributed by atoms with Gasteiger partial charge in [-0.2, -0.15) is 0 Å². The quantitative estimate of drug-likeness (QED) is 0.157. The maximum Gasteiger partial charge on any atom is 0.164 e. The van der Waals surface area contributed by atoms with Crippen molar-refractivity contribution in [3.8, 4) is 56.7 Å². The molecule has 0 radical (unpaired) electrons.